The summed E-state index contributed by atoms with van der Waals surface area (Å²) in [6, 6.07) is 9.61. The van der Waals surface area contributed by atoms with Gasteiger partial charge in [-0.3, -0.25) is 24.2 Å². The molecule has 0 unspecified atom stereocenters. The third-order valence-corrected chi connectivity index (χ3v) is 6.69. The van der Waals surface area contributed by atoms with Crippen molar-refractivity contribution in [2.24, 2.45) is 0 Å². The van der Waals surface area contributed by atoms with Crippen molar-refractivity contribution in [3.63, 3.8) is 0 Å². The fraction of sp³-hybridized carbons (Fsp3) is 0.429. The van der Waals surface area contributed by atoms with E-state index in [1.54, 1.807) is 60.0 Å². The summed E-state index contributed by atoms with van der Waals surface area (Å²) in [7, 11) is 2.97. The normalized spacial score (nSPS) is 15.8. The lowest BCUT2D eigenvalue weighted by Crippen LogP contribution is -2.50. The van der Waals surface area contributed by atoms with Gasteiger partial charge in [-0.1, -0.05) is 18.2 Å². The van der Waals surface area contributed by atoms with Crippen molar-refractivity contribution >= 4 is 29.4 Å². The van der Waals surface area contributed by atoms with E-state index in [1.807, 2.05) is 13.8 Å². The summed E-state index contributed by atoms with van der Waals surface area (Å²) in [6.45, 7) is 7.43. The molecule has 202 valence electrons. The van der Waals surface area contributed by atoms with Gasteiger partial charge in [0.25, 0.3) is 11.8 Å². The number of carbonyl (C=O) groups excluding carboxylic acids is 4. The predicted molar refractivity (Wildman–Crippen MR) is 141 cm³/mol. The third kappa shape index (κ3) is 4.55. The first kappa shape index (κ1) is 27.0. The first-order valence-corrected chi connectivity index (χ1v) is 12.7. The number of anilines is 1. The van der Waals surface area contributed by atoms with Crippen molar-refractivity contribution in [2.75, 3.05) is 25.7 Å². The van der Waals surface area contributed by atoms with Crippen molar-refractivity contribution in [3.05, 3.63) is 53.1 Å². The quantitative estimate of drug-likeness (QED) is 0.562. The molecule has 2 aliphatic heterocycles. The number of benzene rings is 2. The maximum Gasteiger partial charge on any atom is 0.324 e. The number of hydrogen-bond donors (Lipinski definition) is 1. The second-order valence-corrected chi connectivity index (χ2v) is 9.90. The van der Waals surface area contributed by atoms with Gasteiger partial charge in [-0.2, -0.15) is 0 Å². The number of rotatable bonds is 8. The van der Waals surface area contributed by atoms with Crippen LogP contribution in [-0.4, -0.2) is 66.4 Å². The molecule has 0 saturated heterocycles. The van der Waals surface area contributed by atoms with E-state index in [1.165, 1.54) is 19.1 Å². The number of imide groups is 1. The Labute approximate surface area is 222 Å². The number of nitrogens with zero attached hydrogens (tertiary/aromatic N) is 3. The topological polar surface area (TPSA) is 108 Å². The van der Waals surface area contributed by atoms with Gasteiger partial charge in [-0.05, 0) is 52.3 Å². The Balaban J connectivity index is 1.64. The second-order valence-electron chi connectivity index (χ2n) is 9.90. The number of nitrogens with one attached hydrogen (secondary N) is 1. The molecule has 0 aliphatic carbocycles. The van der Waals surface area contributed by atoms with Gasteiger partial charge < -0.3 is 19.7 Å². The van der Waals surface area contributed by atoms with E-state index in [2.05, 4.69) is 5.32 Å². The molecule has 4 rings (SSSR count). The van der Waals surface area contributed by atoms with Gasteiger partial charge in [0.2, 0.25) is 5.91 Å². The van der Waals surface area contributed by atoms with Crippen LogP contribution >= 0.6 is 0 Å². The molecule has 10 nitrogen and oxygen atoms in total. The zero-order valence-electron chi connectivity index (χ0n) is 22.6. The predicted octanol–water partition coefficient (Wildman–Crippen LogP) is 3.95. The summed E-state index contributed by atoms with van der Waals surface area (Å²) in [4.78, 5) is 57.5. The maximum atomic E-state index is 13.8. The molecule has 2 aliphatic rings. The van der Waals surface area contributed by atoms with Crippen LogP contribution in [0.5, 0.6) is 11.5 Å². The highest BCUT2D eigenvalue weighted by Gasteiger charge is 2.49. The molecule has 2 aromatic carbocycles. The lowest BCUT2D eigenvalue weighted by molar-refractivity contribution is -0.129. The van der Waals surface area contributed by atoms with Crippen LogP contribution in [0.2, 0.25) is 0 Å². The van der Waals surface area contributed by atoms with Crippen LogP contribution in [0, 0.1) is 0 Å². The Morgan fingerprint density at radius 2 is 1.71 bits per heavy atom. The lowest BCUT2D eigenvalue weighted by Gasteiger charge is -2.41. The zero-order valence-corrected chi connectivity index (χ0v) is 22.6. The highest BCUT2D eigenvalue weighted by molar-refractivity contribution is 6.18. The van der Waals surface area contributed by atoms with E-state index in [9.17, 15) is 19.2 Å². The van der Waals surface area contributed by atoms with Crippen LogP contribution in [0.4, 0.5) is 10.5 Å². The van der Waals surface area contributed by atoms with Crippen molar-refractivity contribution in [1.29, 1.82) is 0 Å². The van der Waals surface area contributed by atoms with Crippen molar-refractivity contribution in [3.8, 4) is 11.5 Å². The average molecular weight is 523 g/mol. The molecule has 10 heteroatoms. The van der Waals surface area contributed by atoms with E-state index < -0.39 is 12.2 Å². The molecular weight excluding hydrogens is 488 g/mol. The Hall–Kier alpha value is -4.08. The van der Waals surface area contributed by atoms with Crippen LogP contribution in [-0.2, 0) is 4.79 Å². The number of carbonyl (C=O) groups is 4. The number of fused-ring (bicyclic) bond motifs is 5. The highest BCUT2D eigenvalue weighted by Crippen LogP contribution is 2.49. The molecule has 2 aromatic rings. The fourth-order valence-electron chi connectivity index (χ4n) is 5.12. The zero-order chi connectivity index (χ0) is 27.7. The van der Waals surface area contributed by atoms with Gasteiger partial charge in [-0.15, -0.1) is 0 Å². The lowest BCUT2D eigenvalue weighted by atomic mass is 10.0. The Kier molecular flexibility index (Phi) is 7.61. The Morgan fingerprint density at radius 3 is 2.34 bits per heavy atom. The molecule has 1 N–H and O–H groups in total. The van der Waals surface area contributed by atoms with Crippen LogP contribution < -0.4 is 19.7 Å². The van der Waals surface area contributed by atoms with Gasteiger partial charge in [0.1, 0.15) is 6.17 Å². The van der Waals surface area contributed by atoms with E-state index in [4.69, 9.17) is 9.47 Å². The van der Waals surface area contributed by atoms with Crippen LogP contribution in [0.25, 0.3) is 0 Å². The average Bonchev–Trinajstić information content (AvgIpc) is 3.17. The SMILES string of the molecule is COc1ccc2c(c1OC)C(=O)N1c3ccccc3C(=O)N(CCCC(=O)N(C(=O)NC(C)C)C(C)C)[C@H]21. The number of hydrogen-bond acceptors (Lipinski definition) is 6. The van der Waals surface area contributed by atoms with Crippen LogP contribution in [0.15, 0.2) is 36.4 Å². The first-order chi connectivity index (χ1) is 18.1. The summed E-state index contributed by atoms with van der Waals surface area (Å²) in [6.07, 6.45) is -0.319. The number of para-hydroxylation sites is 1. The minimum absolute atomic E-state index is 0.0641. The van der Waals surface area contributed by atoms with E-state index in [0.717, 1.165) is 0 Å². The van der Waals surface area contributed by atoms with Crippen LogP contribution in [0.1, 0.15) is 73.0 Å². The van der Waals surface area contributed by atoms with Crippen molar-refractivity contribution < 1.29 is 28.7 Å². The summed E-state index contributed by atoms with van der Waals surface area (Å²) in [5.41, 5.74) is 1.90. The molecule has 5 amide bonds. The number of urea groups is 1. The van der Waals surface area contributed by atoms with Crippen LogP contribution in [0.3, 0.4) is 0 Å². The molecule has 2 heterocycles. The summed E-state index contributed by atoms with van der Waals surface area (Å²) >= 11 is 0. The van der Waals surface area contributed by atoms with E-state index in [-0.39, 0.29) is 42.8 Å². The van der Waals surface area contributed by atoms with Gasteiger partial charge in [0.15, 0.2) is 11.5 Å². The summed E-state index contributed by atoms with van der Waals surface area (Å²) in [5.74, 6) is -0.117. The molecule has 0 spiro atoms. The monoisotopic (exact) mass is 522 g/mol. The molecule has 1 atom stereocenters. The third-order valence-electron chi connectivity index (χ3n) is 6.69. The second kappa shape index (κ2) is 10.7. The van der Waals surface area contributed by atoms with Gasteiger partial charge >= 0.3 is 6.03 Å². The van der Waals surface area contributed by atoms with E-state index in [0.29, 0.717) is 40.3 Å². The number of amides is 5. The fourth-order valence-corrected chi connectivity index (χ4v) is 5.12. The molecule has 0 fully saturated rings. The maximum absolute atomic E-state index is 13.8. The number of ether oxygens (including phenoxy) is 2. The molecule has 0 radical (unpaired) electrons. The van der Waals surface area contributed by atoms with Gasteiger partial charge in [0, 0.05) is 30.6 Å². The van der Waals surface area contributed by atoms with E-state index >= 15 is 0 Å². The van der Waals surface area contributed by atoms with Gasteiger partial charge in [-0.25, -0.2) is 4.79 Å². The Morgan fingerprint density at radius 1 is 1.00 bits per heavy atom. The van der Waals surface area contributed by atoms with Crippen molar-refractivity contribution in [2.45, 2.75) is 58.8 Å². The summed E-state index contributed by atoms with van der Waals surface area (Å²) in [5, 5.41) is 2.76. The molecule has 0 aromatic heterocycles. The van der Waals surface area contributed by atoms with Gasteiger partial charge in [0.05, 0.1) is 31.0 Å². The van der Waals surface area contributed by atoms with Crippen molar-refractivity contribution in [1.82, 2.24) is 15.1 Å². The number of methoxy groups -OCH3 is 2. The molecular formula is C28H34N4O6. The minimum atomic E-state index is -0.694. The first-order valence-electron chi connectivity index (χ1n) is 12.7. The molecule has 38 heavy (non-hydrogen) atoms. The largest absolute Gasteiger partial charge is 0.493 e. The standard InChI is InChI=1S/C28H34N4O6/c1-16(2)29-28(36)31(17(3)4)22(33)12-9-15-30-25-19-13-14-21(37-5)24(38-6)23(19)27(35)32(25)20-11-8-7-10-18(20)26(30)34/h7-8,10-11,13-14,16-17,25H,9,12,15H2,1-6H3,(H,29,36)/t25-/m0/s1. The smallest absolute Gasteiger partial charge is 0.324 e. The Bertz CT molecular complexity index is 1270. The highest BCUT2D eigenvalue weighted by atomic mass is 16.5. The molecule has 0 saturated carbocycles. The minimum Gasteiger partial charge on any atom is -0.493 e. The summed E-state index contributed by atoms with van der Waals surface area (Å²) < 4.78 is 11.0. The molecule has 0 bridgehead atoms.